The Balaban J connectivity index is 1.27. The number of anilines is 2. The van der Waals surface area contributed by atoms with E-state index in [1.807, 2.05) is 0 Å². The van der Waals surface area contributed by atoms with Gasteiger partial charge in [0.1, 0.15) is 23.7 Å². The molecule has 0 atom stereocenters. The molecule has 0 aliphatic carbocycles. The maximum atomic E-state index is 13.0. The van der Waals surface area contributed by atoms with Crippen LogP contribution in [0.5, 0.6) is 0 Å². The number of hydrogen-bond acceptors (Lipinski definition) is 6. The van der Waals surface area contributed by atoms with E-state index < -0.39 is 19.4 Å². The van der Waals surface area contributed by atoms with Crippen molar-refractivity contribution >= 4 is 22.8 Å². The Morgan fingerprint density at radius 2 is 1.69 bits per heavy atom. The van der Waals surface area contributed by atoms with Crippen molar-refractivity contribution in [3.05, 3.63) is 36.3 Å². The average Bonchev–Trinajstić information content (AvgIpc) is 3.38. The molecule has 0 unspecified atom stereocenters. The normalized spacial score (nSPS) is 18.6. The minimum Gasteiger partial charge on any atom is -0.357 e. The summed E-state index contributed by atoms with van der Waals surface area (Å²) in [6.07, 6.45) is 2.36. The summed E-state index contributed by atoms with van der Waals surface area (Å²) in [7, 11) is 0. The Bertz CT molecular complexity index is 1090. The van der Waals surface area contributed by atoms with Gasteiger partial charge in [-0.25, -0.2) is 37.2 Å². The molecule has 2 aliphatic heterocycles. The second-order valence-corrected chi connectivity index (χ2v) is 8.56. The van der Waals surface area contributed by atoms with Crippen LogP contribution in [0.25, 0.3) is 11.2 Å². The Morgan fingerprint density at radius 1 is 0.938 bits per heavy atom. The van der Waals surface area contributed by atoms with E-state index in [9.17, 15) is 17.6 Å². The van der Waals surface area contributed by atoms with Crippen LogP contribution < -0.4 is 9.80 Å². The van der Waals surface area contributed by atoms with Crippen molar-refractivity contribution in [3.8, 4) is 0 Å². The zero-order chi connectivity index (χ0) is 22.3. The number of fused-ring (bicyclic) bond motifs is 1. The van der Waals surface area contributed by atoms with E-state index in [0.29, 0.717) is 22.8 Å². The minimum atomic E-state index is -2.51. The second kappa shape index (κ2) is 8.18. The number of nitrogens with zero attached hydrogens (tertiary/aromatic N) is 7. The van der Waals surface area contributed by atoms with Crippen molar-refractivity contribution in [1.82, 2.24) is 24.7 Å². The van der Waals surface area contributed by atoms with Crippen LogP contribution >= 0.6 is 0 Å². The number of alkyl halides is 4. The number of piperidine rings is 1. The molecule has 0 radical (unpaired) electrons. The number of aromatic nitrogens is 5. The summed E-state index contributed by atoms with van der Waals surface area (Å²) in [6, 6.07) is 2.82. The molecule has 0 amide bonds. The van der Waals surface area contributed by atoms with Crippen LogP contribution in [-0.2, 0) is 6.54 Å². The molecule has 3 aromatic heterocycles. The smallest absolute Gasteiger partial charge is 0.264 e. The molecule has 0 saturated carbocycles. The van der Waals surface area contributed by atoms with Crippen LogP contribution in [0.4, 0.5) is 29.2 Å². The predicted octanol–water partition coefficient (Wildman–Crippen LogP) is 3.92. The molecule has 0 bridgehead atoms. The lowest BCUT2D eigenvalue weighted by Gasteiger charge is -2.40. The number of pyridine rings is 1. The van der Waals surface area contributed by atoms with E-state index in [1.54, 1.807) is 6.20 Å². The van der Waals surface area contributed by atoms with Gasteiger partial charge in [-0.15, -0.1) is 0 Å². The Labute approximate surface area is 182 Å². The lowest BCUT2D eigenvalue weighted by atomic mass is 9.78. The molecule has 32 heavy (non-hydrogen) atoms. The van der Waals surface area contributed by atoms with Gasteiger partial charge < -0.3 is 9.80 Å². The van der Waals surface area contributed by atoms with Crippen molar-refractivity contribution < 1.29 is 17.6 Å². The molecule has 0 N–H and O–H groups in total. The molecule has 5 rings (SSSR count). The topological polar surface area (TPSA) is 63.0 Å². The zero-order valence-corrected chi connectivity index (χ0v) is 17.3. The lowest BCUT2D eigenvalue weighted by Crippen LogP contribution is -2.42. The quantitative estimate of drug-likeness (QED) is 0.551. The van der Waals surface area contributed by atoms with Gasteiger partial charge in [0.25, 0.3) is 12.9 Å². The number of rotatable bonds is 5. The fourth-order valence-electron chi connectivity index (χ4n) is 4.75. The van der Waals surface area contributed by atoms with Crippen LogP contribution in [0, 0.1) is 5.41 Å². The average molecular weight is 449 g/mol. The fourth-order valence-corrected chi connectivity index (χ4v) is 4.75. The van der Waals surface area contributed by atoms with Gasteiger partial charge in [-0.1, -0.05) is 0 Å². The van der Waals surface area contributed by atoms with Gasteiger partial charge in [0.05, 0.1) is 12.4 Å². The van der Waals surface area contributed by atoms with Crippen molar-refractivity contribution in [2.24, 2.45) is 5.41 Å². The van der Waals surface area contributed by atoms with Gasteiger partial charge in [0.2, 0.25) is 0 Å². The monoisotopic (exact) mass is 449 g/mol. The highest BCUT2D eigenvalue weighted by atomic mass is 19.3. The predicted molar refractivity (Wildman–Crippen MR) is 111 cm³/mol. The lowest BCUT2D eigenvalue weighted by molar-refractivity contribution is 0.123. The van der Waals surface area contributed by atoms with Crippen LogP contribution in [-0.4, -0.2) is 57.3 Å². The molecule has 170 valence electrons. The number of hydrogen-bond donors (Lipinski definition) is 0. The first-order valence-corrected chi connectivity index (χ1v) is 10.6. The van der Waals surface area contributed by atoms with E-state index >= 15 is 0 Å². The highest BCUT2D eigenvalue weighted by molar-refractivity contribution is 5.71. The van der Waals surface area contributed by atoms with E-state index in [4.69, 9.17) is 0 Å². The molecular formula is C21H23F4N7. The first-order chi connectivity index (χ1) is 15.4. The molecule has 3 aromatic rings. The van der Waals surface area contributed by atoms with Gasteiger partial charge in [-0.3, -0.25) is 0 Å². The molecule has 2 aliphatic rings. The summed E-state index contributed by atoms with van der Waals surface area (Å²) in [6.45, 7) is 2.60. The second-order valence-electron chi connectivity index (χ2n) is 8.56. The van der Waals surface area contributed by atoms with E-state index in [1.165, 1.54) is 29.2 Å². The molecule has 0 aromatic carbocycles. The summed E-state index contributed by atoms with van der Waals surface area (Å²) in [5.41, 5.74) is 0.956. The SMILES string of the molecule is FC(F)Cn1ncc2ncc(N3CCC4(CCN(c5cc(C(F)F)ccn5)CC4)C3)nc21. The van der Waals surface area contributed by atoms with E-state index in [2.05, 4.69) is 29.9 Å². The Morgan fingerprint density at radius 3 is 2.41 bits per heavy atom. The van der Waals surface area contributed by atoms with Crippen LogP contribution in [0.2, 0.25) is 0 Å². The molecule has 2 saturated heterocycles. The van der Waals surface area contributed by atoms with E-state index in [0.717, 1.165) is 45.4 Å². The first-order valence-electron chi connectivity index (χ1n) is 10.6. The van der Waals surface area contributed by atoms with Crippen LogP contribution in [0.1, 0.15) is 31.3 Å². The Hall–Kier alpha value is -2.98. The van der Waals surface area contributed by atoms with Crippen molar-refractivity contribution in [3.63, 3.8) is 0 Å². The summed E-state index contributed by atoms with van der Waals surface area (Å²) in [5.74, 6) is 1.26. The van der Waals surface area contributed by atoms with Gasteiger partial charge >= 0.3 is 0 Å². The van der Waals surface area contributed by atoms with Crippen molar-refractivity contribution in [2.45, 2.75) is 38.7 Å². The van der Waals surface area contributed by atoms with Crippen LogP contribution in [0.15, 0.2) is 30.7 Å². The van der Waals surface area contributed by atoms with Gasteiger partial charge in [-0.2, -0.15) is 5.10 Å². The molecule has 11 heteroatoms. The third-order valence-corrected chi connectivity index (χ3v) is 6.58. The summed E-state index contributed by atoms with van der Waals surface area (Å²) in [4.78, 5) is 17.4. The summed E-state index contributed by atoms with van der Waals surface area (Å²) >= 11 is 0. The van der Waals surface area contributed by atoms with Gasteiger partial charge in [0, 0.05) is 37.9 Å². The molecule has 1 spiro atoms. The third kappa shape index (κ3) is 3.95. The minimum absolute atomic E-state index is 0.0117. The molecule has 2 fully saturated rings. The summed E-state index contributed by atoms with van der Waals surface area (Å²) < 4.78 is 52.9. The first kappa shape index (κ1) is 20.9. The highest BCUT2D eigenvalue weighted by Gasteiger charge is 2.41. The standard InChI is InChI=1S/C21H23F4N7/c22-16(23)12-32-20-15(10-28-32)27-11-18(29-20)31-8-4-21(13-31)2-6-30(7-3-21)17-9-14(19(24)25)1-5-26-17/h1,5,9-11,16,19H,2-4,6-8,12-13H2. The zero-order valence-electron chi connectivity index (χ0n) is 17.3. The van der Waals surface area contributed by atoms with Crippen molar-refractivity contribution in [2.75, 3.05) is 36.0 Å². The molecule has 5 heterocycles. The largest absolute Gasteiger partial charge is 0.357 e. The Kier molecular flexibility index (Phi) is 5.34. The van der Waals surface area contributed by atoms with Gasteiger partial charge in [0.15, 0.2) is 5.65 Å². The van der Waals surface area contributed by atoms with E-state index in [-0.39, 0.29) is 11.0 Å². The van der Waals surface area contributed by atoms with Crippen molar-refractivity contribution in [1.29, 1.82) is 0 Å². The van der Waals surface area contributed by atoms with Gasteiger partial charge in [-0.05, 0) is 36.8 Å². The summed E-state index contributed by atoms with van der Waals surface area (Å²) in [5, 5.41) is 3.98. The maximum absolute atomic E-state index is 13.0. The third-order valence-electron chi connectivity index (χ3n) is 6.58. The molecule has 7 nitrogen and oxygen atoms in total. The fraction of sp³-hybridized carbons (Fsp3) is 0.524. The maximum Gasteiger partial charge on any atom is 0.264 e. The van der Waals surface area contributed by atoms with Crippen LogP contribution in [0.3, 0.4) is 0 Å². The molecular weight excluding hydrogens is 426 g/mol. The highest BCUT2D eigenvalue weighted by Crippen LogP contribution is 2.42. The number of halogens is 4.